The number of nitrogens with one attached hydrogen (secondary N) is 3. The molecule has 0 saturated heterocycles. The van der Waals surface area contributed by atoms with Crippen molar-refractivity contribution in [3.63, 3.8) is 0 Å². The summed E-state index contributed by atoms with van der Waals surface area (Å²) in [4.78, 5) is 16.0. The average molecular weight is 462 g/mol. The highest BCUT2D eigenvalue weighted by Gasteiger charge is 2.28. The van der Waals surface area contributed by atoms with Crippen LogP contribution in [0.1, 0.15) is 43.9 Å². The Balaban J connectivity index is 0.00000312. The summed E-state index contributed by atoms with van der Waals surface area (Å²) < 4.78 is 13.7. The third-order valence-corrected chi connectivity index (χ3v) is 4.02. The van der Waals surface area contributed by atoms with E-state index in [9.17, 15) is 9.18 Å². The van der Waals surface area contributed by atoms with Gasteiger partial charge in [0.2, 0.25) is 5.91 Å². The molecule has 25 heavy (non-hydrogen) atoms. The molecule has 140 valence electrons. The smallest absolute Gasteiger partial charge is 0.223 e. The Labute approximate surface area is 166 Å². The Morgan fingerprint density at radius 3 is 2.68 bits per heavy atom. The maximum atomic E-state index is 13.7. The number of guanidine groups is 1. The maximum absolute atomic E-state index is 13.7. The first-order chi connectivity index (χ1) is 11.5. The van der Waals surface area contributed by atoms with E-state index < -0.39 is 0 Å². The van der Waals surface area contributed by atoms with Crippen molar-refractivity contribution in [3.8, 4) is 0 Å². The second-order valence-electron chi connectivity index (χ2n) is 6.20. The number of rotatable bonds is 7. The average Bonchev–Trinajstić information content (AvgIpc) is 3.38. The molecule has 1 saturated carbocycles. The topological polar surface area (TPSA) is 65.5 Å². The summed E-state index contributed by atoms with van der Waals surface area (Å²) in [5, 5.41) is 9.32. The molecule has 1 atom stereocenters. The van der Waals surface area contributed by atoms with Gasteiger partial charge in [-0.25, -0.2) is 4.39 Å². The zero-order valence-corrected chi connectivity index (χ0v) is 17.4. The number of halogens is 2. The molecule has 0 radical (unpaired) electrons. The monoisotopic (exact) mass is 462 g/mol. The Morgan fingerprint density at radius 2 is 2.08 bits per heavy atom. The SMILES string of the molecule is CCNC(=NCCNC(=O)C1CC1)NC(C)c1ccc(C)c(F)c1.I. The third kappa shape index (κ3) is 7.17. The van der Waals surface area contributed by atoms with Crippen molar-refractivity contribution in [1.29, 1.82) is 0 Å². The molecule has 0 spiro atoms. The standard InChI is InChI=1S/C18H27FN4O.HI/c1-4-20-18(22-10-9-21-17(24)14-7-8-14)23-13(3)15-6-5-12(2)16(19)11-15;/h5-6,11,13-14H,4,7-10H2,1-3H3,(H,21,24)(H2,20,22,23);1H. The van der Waals surface area contributed by atoms with Crippen LogP contribution in [0.25, 0.3) is 0 Å². The van der Waals surface area contributed by atoms with E-state index in [0.717, 1.165) is 24.9 Å². The number of carbonyl (C=O) groups is 1. The lowest BCUT2D eigenvalue weighted by Gasteiger charge is -2.18. The van der Waals surface area contributed by atoms with E-state index in [1.54, 1.807) is 19.1 Å². The van der Waals surface area contributed by atoms with Crippen LogP contribution in [0.2, 0.25) is 0 Å². The molecule has 1 fully saturated rings. The van der Waals surface area contributed by atoms with Crippen LogP contribution in [0, 0.1) is 18.7 Å². The molecule has 1 amide bonds. The van der Waals surface area contributed by atoms with E-state index in [2.05, 4.69) is 20.9 Å². The first-order valence-electron chi connectivity index (χ1n) is 8.60. The van der Waals surface area contributed by atoms with Gasteiger partial charge in [0, 0.05) is 19.0 Å². The zero-order chi connectivity index (χ0) is 17.5. The van der Waals surface area contributed by atoms with Gasteiger partial charge in [-0.1, -0.05) is 12.1 Å². The van der Waals surface area contributed by atoms with Gasteiger partial charge in [0.15, 0.2) is 5.96 Å². The highest BCUT2D eigenvalue weighted by molar-refractivity contribution is 14.0. The molecule has 1 aromatic carbocycles. The van der Waals surface area contributed by atoms with Crippen LogP contribution in [0.4, 0.5) is 4.39 Å². The number of hydrogen-bond acceptors (Lipinski definition) is 2. The number of benzene rings is 1. The molecule has 0 aromatic heterocycles. The predicted octanol–water partition coefficient (Wildman–Crippen LogP) is 2.89. The van der Waals surface area contributed by atoms with Crippen LogP contribution in [0.5, 0.6) is 0 Å². The van der Waals surface area contributed by atoms with Gasteiger partial charge < -0.3 is 16.0 Å². The number of carbonyl (C=O) groups excluding carboxylic acids is 1. The van der Waals surface area contributed by atoms with E-state index in [0.29, 0.717) is 24.6 Å². The van der Waals surface area contributed by atoms with Gasteiger partial charge >= 0.3 is 0 Å². The predicted molar refractivity (Wildman–Crippen MR) is 110 cm³/mol. The number of nitrogens with zero attached hydrogens (tertiary/aromatic N) is 1. The second-order valence-corrected chi connectivity index (χ2v) is 6.20. The van der Waals surface area contributed by atoms with Crippen LogP contribution >= 0.6 is 24.0 Å². The first kappa shape index (κ1) is 21.7. The Bertz CT molecular complexity index is 605. The van der Waals surface area contributed by atoms with Crippen LogP contribution < -0.4 is 16.0 Å². The summed E-state index contributed by atoms with van der Waals surface area (Å²) in [7, 11) is 0. The number of aliphatic imine (C=N–C) groups is 1. The summed E-state index contributed by atoms with van der Waals surface area (Å²) in [5.41, 5.74) is 1.50. The Hall–Kier alpha value is -1.38. The second kappa shape index (κ2) is 10.6. The number of aryl methyl sites for hydroxylation is 1. The largest absolute Gasteiger partial charge is 0.357 e. The van der Waals surface area contributed by atoms with Crippen molar-refractivity contribution in [2.45, 2.75) is 39.7 Å². The van der Waals surface area contributed by atoms with Gasteiger partial charge in [-0.05, 0) is 50.8 Å². The van der Waals surface area contributed by atoms with Crippen molar-refractivity contribution in [2.24, 2.45) is 10.9 Å². The fraction of sp³-hybridized carbons (Fsp3) is 0.556. The van der Waals surface area contributed by atoms with Gasteiger partial charge in [-0.2, -0.15) is 0 Å². The third-order valence-electron chi connectivity index (χ3n) is 4.02. The molecular formula is C18H28FIN4O. The van der Waals surface area contributed by atoms with Gasteiger partial charge in [0.25, 0.3) is 0 Å². The van der Waals surface area contributed by atoms with Crippen LogP contribution in [-0.2, 0) is 4.79 Å². The normalized spacial score (nSPS) is 15.1. The van der Waals surface area contributed by atoms with Crippen LogP contribution in [0.15, 0.2) is 23.2 Å². The lowest BCUT2D eigenvalue weighted by Crippen LogP contribution is -2.39. The van der Waals surface area contributed by atoms with E-state index in [4.69, 9.17) is 0 Å². The molecule has 3 N–H and O–H groups in total. The minimum atomic E-state index is -0.203. The minimum absolute atomic E-state index is 0. The van der Waals surface area contributed by atoms with Crippen LogP contribution in [-0.4, -0.2) is 31.5 Å². The fourth-order valence-electron chi connectivity index (χ4n) is 2.32. The minimum Gasteiger partial charge on any atom is -0.357 e. The van der Waals surface area contributed by atoms with E-state index in [1.807, 2.05) is 19.9 Å². The van der Waals surface area contributed by atoms with Crippen molar-refractivity contribution in [3.05, 3.63) is 35.1 Å². The fourth-order valence-corrected chi connectivity index (χ4v) is 2.32. The lowest BCUT2D eigenvalue weighted by atomic mass is 10.1. The molecule has 1 aromatic rings. The zero-order valence-electron chi connectivity index (χ0n) is 15.1. The van der Waals surface area contributed by atoms with E-state index in [-0.39, 0.29) is 47.7 Å². The van der Waals surface area contributed by atoms with Gasteiger partial charge in [-0.15, -0.1) is 24.0 Å². The highest BCUT2D eigenvalue weighted by atomic mass is 127. The lowest BCUT2D eigenvalue weighted by molar-refractivity contribution is -0.122. The number of amides is 1. The quantitative estimate of drug-likeness (QED) is 0.253. The highest BCUT2D eigenvalue weighted by Crippen LogP contribution is 2.28. The molecule has 1 aliphatic rings. The van der Waals surface area contributed by atoms with Crippen molar-refractivity contribution in [1.82, 2.24) is 16.0 Å². The summed E-state index contributed by atoms with van der Waals surface area (Å²) >= 11 is 0. The molecule has 1 aliphatic carbocycles. The number of hydrogen-bond donors (Lipinski definition) is 3. The molecule has 7 heteroatoms. The van der Waals surface area contributed by atoms with Gasteiger partial charge in [0.05, 0.1) is 12.6 Å². The molecular weight excluding hydrogens is 434 g/mol. The van der Waals surface area contributed by atoms with Gasteiger partial charge in [-0.3, -0.25) is 9.79 Å². The van der Waals surface area contributed by atoms with Crippen molar-refractivity contribution < 1.29 is 9.18 Å². The van der Waals surface area contributed by atoms with E-state index >= 15 is 0 Å². The van der Waals surface area contributed by atoms with Crippen LogP contribution in [0.3, 0.4) is 0 Å². The van der Waals surface area contributed by atoms with Gasteiger partial charge in [0.1, 0.15) is 5.82 Å². The van der Waals surface area contributed by atoms with Crippen molar-refractivity contribution in [2.75, 3.05) is 19.6 Å². The Morgan fingerprint density at radius 1 is 1.36 bits per heavy atom. The Kier molecular flexibility index (Phi) is 9.16. The molecule has 1 unspecified atom stereocenters. The van der Waals surface area contributed by atoms with E-state index in [1.165, 1.54) is 0 Å². The summed E-state index contributed by atoms with van der Waals surface area (Å²) in [6.45, 7) is 7.46. The molecule has 2 rings (SSSR count). The summed E-state index contributed by atoms with van der Waals surface area (Å²) in [6.07, 6.45) is 2.01. The molecule has 0 heterocycles. The summed E-state index contributed by atoms with van der Waals surface area (Å²) in [5.74, 6) is 0.806. The molecule has 0 aliphatic heterocycles. The summed E-state index contributed by atoms with van der Waals surface area (Å²) in [6, 6.07) is 5.17. The maximum Gasteiger partial charge on any atom is 0.223 e. The molecule has 0 bridgehead atoms. The van der Waals surface area contributed by atoms with Crippen molar-refractivity contribution >= 4 is 35.8 Å². The molecule has 5 nitrogen and oxygen atoms in total. The first-order valence-corrected chi connectivity index (χ1v) is 8.60.